The number of benzene rings is 2. The summed E-state index contributed by atoms with van der Waals surface area (Å²) in [6.07, 6.45) is 8.66. The van der Waals surface area contributed by atoms with Gasteiger partial charge in [0.05, 0.1) is 5.71 Å². The lowest BCUT2D eigenvalue weighted by atomic mass is 9.78. The van der Waals surface area contributed by atoms with Crippen LogP contribution in [0.3, 0.4) is 0 Å². The number of aryl methyl sites for hydroxylation is 1. The van der Waals surface area contributed by atoms with Gasteiger partial charge >= 0.3 is 0 Å². The lowest BCUT2D eigenvalue weighted by Crippen LogP contribution is -2.34. The molecule has 2 aromatic carbocycles. The van der Waals surface area contributed by atoms with E-state index in [0.717, 1.165) is 48.5 Å². The first-order chi connectivity index (χ1) is 15.9. The highest BCUT2D eigenvalue weighted by Gasteiger charge is 2.39. The monoisotopic (exact) mass is 503 g/mol. The van der Waals surface area contributed by atoms with Gasteiger partial charge in [0.1, 0.15) is 6.54 Å². The van der Waals surface area contributed by atoms with Crippen LogP contribution in [0.1, 0.15) is 37.3 Å². The van der Waals surface area contributed by atoms with E-state index in [0.29, 0.717) is 5.02 Å². The van der Waals surface area contributed by atoms with Gasteiger partial charge in [0.2, 0.25) is 5.91 Å². The molecule has 0 fully saturated rings. The summed E-state index contributed by atoms with van der Waals surface area (Å²) in [6.45, 7) is 3.24. The first-order valence-electron chi connectivity index (χ1n) is 11.4. The molecule has 0 saturated heterocycles. The predicted molar refractivity (Wildman–Crippen MR) is 147 cm³/mol. The largest absolute Gasteiger partial charge is 0.324 e. The number of nitrogens with one attached hydrogen (secondary N) is 1. The Balaban J connectivity index is 1.64. The van der Waals surface area contributed by atoms with E-state index < -0.39 is 0 Å². The molecule has 1 heterocycles. The van der Waals surface area contributed by atoms with Crippen molar-refractivity contribution >= 4 is 52.4 Å². The maximum Gasteiger partial charge on any atom is 0.245 e. The molecule has 0 aliphatic carbocycles. The summed E-state index contributed by atoms with van der Waals surface area (Å²) in [5.74, 6) is 2.25. The molecule has 4 nitrogen and oxygen atoms in total. The summed E-state index contributed by atoms with van der Waals surface area (Å²) in [4.78, 5) is 12.8. The van der Waals surface area contributed by atoms with Crippen molar-refractivity contribution in [2.45, 2.75) is 32.6 Å². The normalized spacial score (nSPS) is 17.8. The molecule has 178 valence electrons. The number of thioether (sulfide) groups is 2. The highest BCUT2D eigenvalue weighted by atomic mass is 35.5. The van der Waals surface area contributed by atoms with E-state index in [1.807, 2.05) is 64.9 Å². The molecule has 7 heteroatoms. The fourth-order valence-corrected chi connectivity index (χ4v) is 5.22. The third-order valence-electron chi connectivity index (χ3n) is 5.92. The van der Waals surface area contributed by atoms with Gasteiger partial charge in [-0.05, 0) is 85.1 Å². The van der Waals surface area contributed by atoms with Crippen LogP contribution >= 0.6 is 35.1 Å². The fraction of sp³-hybridized carbons (Fsp3) is 0.462. The summed E-state index contributed by atoms with van der Waals surface area (Å²) in [5.41, 5.74) is 4.16. The Kier molecular flexibility index (Phi) is 10.0. The average molecular weight is 504 g/mol. The molecule has 0 radical (unpaired) electrons. The lowest BCUT2D eigenvalue weighted by Gasteiger charge is -2.26. The molecule has 0 aromatic heterocycles. The van der Waals surface area contributed by atoms with E-state index in [2.05, 4.69) is 36.9 Å². The molecule has 3 rings (SSSR count). The first kappa shape index (κ1) is 26.0. The van der Waals surface area contributed by atoms with Crippen LogP contribution in [0.2, 0.25) is 5.02 Å². The molecule has 0 spiro atoms. The molecule has 33 heavy (non-hydrogen) atoms. The molecule has 0 bridgehead atoms. The Morgan fingerprint density at radius 1 is 1.06 bits per heavy atom. The third-order valence-corrected chi connectivity index (χ3v) is 7.56. The summed E-state index contributed by atoms with van der Waals surface area (Å²) in [5, 5.41) is 10.6. The van der Waals surface area contributed by atoms with Crippen molar-refractivity contribution in [3.63, 3.8) is 0 Å². The SMILES string of the molecule is CSCCCc1ccc(NC(=O)CN2CC(C)(CCCSC)C(c3ccc(Cl)cc3)=N2)cc1. The molecular formula is C26H34ClN3OS2. The molecule has 0 saturated carbocycles. The number of carbonyl (C=O) groups is 1. The number of carbonyl (C=O) groups excluding carboxylic acids is 1. The maximum atomic E-state index is 12.8. The highest BCUT2D eigenvalue weighted by molar-refractivity contribution is 7.98. The minimum atomic E-state index is -0.0950. The van der Waals surface area contributed by atoms with Crippen LogP contribution in [0, 0.1) is 5.41 Å². The number of hydrogen-bond donors (Lipinski definition) is 1. The molecule has 2 aromatic rings. The molecule has 1 N–H and O–H groups in total. The van der Waals surface area contributed by atoms with E-state index in [9.17, 15) is 4.79 Å². The Bertz CT molecular complexity index is 934. The second-order valence-electron chi connectivity index (χ2n) is 8.78. The van der Waals surface area contributed by atoms with Crippen LogP contribution < -0.4 is 5.32 Å². The molecule has 1 amide bonds. The Hall–Kier alpha value is -1.63. The zero-order chi connectivity index (χ0) is 23.7. The topological polar surface area (TPSA) is 44.7 Å². The standard InChI is InChI=1S/C26H34ClN3OS2/c1-26(15-5-17-33-3)19-30(29-25(26)21-9-11-22(27)12-10-21)18-24(31)28-23-13-7-20(8-14-23)6-4-16-32-2/h7-14H,4-6,15-19H2,1-3H3,(H,28,31). The predicted octanol–water partition coefficient (Wildman–Crippen LogP) is 6.44. The minimum absolute atomic E-state index is 0.0438. The minimum Gasteiger partial charge on any atom is -0.324 e. The van der Waals surface area contributed by atoms with Crippen LogP contribution in [0.5, 0.6) is 0 Å². The Morgan fingerprint density at radius 3 is 2.39 bits per heavy atom. The lowest BCUT2D eigenvalue weighted by molar-refractivity contribution is -0.117. The number of hydrazone groups is 1. The van der Waals surface area contributed by atoms with Crippen molar-refractivity contribution < 1.29 is 4.79 Å². The van der Waals surface area contributed by atoms with Crippen molar-refractivity contribution in [1.82, 2.24) is 5.01 Å². The van der Waals surface area contributed by atoms with Crippen LogP contribution in [-0.2, 0) is 11.2 Å². The number of hydrogen-bond acceptors (Lipinski definition) is 5. The fourth-order valence-electron chi connectivity index (χ4n) is 4.23. The van der Waals surface area contributed by atoms with E-state index in [1.54, 1.807) is 0 Å². The van der Waals surface area contributed by atoms with Gasteiger partial charge in [0, 0.05) is 22.7 Å². The van der Waals surface area contributed by atoms with Crippen LogP contribution in [0.25, 0.3) is 0 Å². The Morgan fingerprint density at radius 2 is 1.73 bits per heavy atom. The zero-order valence-electron chi connectivity index (χ0n) is 19.8. The molecule has 1 aliphatic rings. The second-order valence-corrected chi connectivity index (χ2v) is 11.2. The van der Waals surface area contributed by atoms with Crippen LogP contribution in [0.4, 0.5) is 5.69 Å². The summed E-state index contributed by atoms with van der Waals surface area (Å²) in [7, 11) is 0. The van der Waals surface area contributed by atoms with Gasteiger partial charge in [-0.1, -0.05) is 42.8 Å². The van der Waals surface area contributed by atoms with Gasteiger partial charge in [0.15, 0.2) is 0 Å². The van der Waals surface area contributed by atoms with Crippen molar-refractivity contribution in [1.29, 1.82) is 0 Å². The van der Waals surface area contributed by atoms with Gasteiger partial charge in [-0.2, -0.15) is 28.6 Å². The van der Waals surface area contributed by atoms with Crippen molar-refractivity contribution in [2.75, 3.05) is 42.4 Å². The van der Waals surface area contributed by atoms with Crippen molar-refractivity contribution in [3.05, 3.63) is 64.7 Å². The smallest absolute Gasteiger partial charge is 0.245 e. The molecule has 1 unspecified atom stereocenters. The second kappa shape index (κ2) is 12.7. The van der Waals surface area contributed by atoms with E-state index in [-0.39, 0.29) is 17.9 Å². The summed E-state index contributed by atoms with van der Waals surface area (Å²) >= 11 is 9.84. The molecule has 1 aliphatic heterocycles. The maximum absolute atomic E-state index is 12.8. The molecular weight excluding hydrogens is 470 g/mol. The van der Waals surface area contributed by atoms with Gasteiger partial charge < -0.3 is 5.32 Å². The van der Waals surface area contributed by atoms with Gasteiger partial charge in [-0.25, -0.2) is 0 Å². The van der Waals surface area contributed by atoms with Crippen molar-refractivity contribution in [2.24, 2.45) is 10.5 Å². The quantitative estimate of drug-likeness (QED) is 0.338. The van der Waals surface area contributed by atoms with E-state index in [1.165, 1.54) is 17.7 Å². The number of halogens is 1. The van der Waals surface area contributed by atoms with E-state index >= 15 is 0 Å². The summed E-state index contributed by atoms with van der Waals surface area (Å²) in [6, 6.07) is 16.0. The molecule has 1 atom stereocenters. The average Bonchev–Trinajstić information content (AvgIpc) is 3.11. The zero-order valence-corrected chi connectivity index (χ0v) is 22.2. The number of amides is 1. The Labute approximate surface area is 211 Å². The van der Waals surface area contributed by atoms with Crippen LogP contribution in [0.15, 0.2) is 53.6 Å². The number of nitrogens with zero attached hydrogens (tertiary/aromatic N) is 2. The van der Waals surface area contributed by atoms with Crippen molar-refractivity contribution in [3.8, 4) is 0 Å². The number of rotatable bonds is 12. The summed E-state index contributed by atoms with van der Waals surface area (Å²) < 4.78 is 0. The highest BCUT2D eigenvalue weighted by Crippen LogP contribution is 2.36. The van der Waals surface area contributed by atoms with Gasteiger partial charge in [-0.15, -0.1) is 0 Å². The van der Waals surface area contributed by atoms with Gasteiger partial charge in [-0.3, -0.25) is 9.80 Å². The van der Waals surface area contributed by atoms with Gasteiger partial charge in [0.25, 0.3) is 0 Å². The van der Waals surface area contributed by atoms with E-state index in [4.69, 9.17) is 16.7 Å². The first-order valence-corrected chi connectivity index (χ1v) is 14.6. The third kappa shape index (κ3) is 7.69. The van der Waals surface area contributed by atoms with Crippen LogP contribution in [-0.4, -0.2) is 53.7 Å². The number of anilines is 1.